The Labute approximate surface area is 349 Å². The molecule has 60 heavy (non-hydrogen) atoms. The highest BCUT2D eigenvalue weighted by molar-refractivity contribution is 5.96. The number of ether oxygens (including phenoxy) is 4. The standard InChI is InChI=1S/C46H56N4O10/c1-7-42(55)22-28-23-45(40(53)58-5,36-30(14-18-48(24-28)25-42)29-12-9-10-13-33(29)47-36)32-20-31-34(21-35(32)57-4)50(26-51)38-44(31)16-19-49-17-11-15-43(8-2,37(44)49)39(60-27(3)52)46(38,56)41(54)59-6/h9-13,15,20-21,26,28,37-39,47,55-56H,7-8,14,16-19,22-25H2,1-6H3/t28-,37-,38+,39-,42+,43-,44-,45-,46-/m1/s1. The monoisotopic (exact) mass is 824 g/mol. The summed E-state index contributed by atoms with van der Waals surface area (Å²) in [5.74, 6) is -2.06. The molecule has 5 aliphatic heterocycles. The molecule has 2 bridgehead atoms. The number of aromatic nitrogens is 1. The van der Waals surface area contributed by atoms with Gasteiger partial charge in [0.05, 0.1) is 38.7 Å². The van der Waals surface area contributed by atoms with Crippen LogP contribution in [0.3, 0.4) is 0 Å². The topological polar surface area (TPSA) is 171 Å². The molecule has 2 saturated heterocycles. The van der Waals surface area contributed by atoms with Gasteiger partial charge in [-0.3, -0.25) is 24.2 Å². The summed E-state index contributed by atoms with van der Waals surface area (Å²) in [4.78, 5) is 66.1. The van der Waals surface area contributed by atoms with E-state index in [2.05, 4.69) is 20.9 Å². The fourth-order valence-corrected chi connectivity index (χ4v) is 13.4. The van der Waals surface area contributed by atoms with E-state index in [1.807, 2.05) is 50.3 Å². The number of benzene rings is 2. The number of fused-ring (bicyclic) bond motifs is 6. The van der Waals surface area contributed by atoms with Crippen molar-refractivity contribution in [1.29, 1.82) is 0 Å². The number of rotatable bonds is 8. The number of nitrogens with one attached hydrogen (secondary N) is 1. The zero-order valence-electron chi connectivity index (χ0n) is 35.3. The molecular weight excluding hydrogens is 769 g/mol. The van der Waals surface area contributed by atoms with Gasteiger partial charge in [-0.1, -0.05) is 44.2 Å². The van der Waals surface area contributed by atoms with Gasteiger partial charge in [0, 0.05) is 78.2 Å². The van der Waals surface area contributed by atoms with Gasteiger partial charge in [0.1, 0.15) is 11.2 Å². The van der Waals surface area contributed by atoms with Gasteiger partial charge in [-0.05, 0) is 74.2 Å². The van der Waals surface area contributed by atoms with Gasteiger partial charge >= 0.3 is 17.9 Å². The van der Waals surface area contributed by atoms with Gasteiger partial charge in [-0.25, -0.2) is 4.79 Å². The first-order valence-corrected chi connectivity index (χ1v) is 21.3. The van der Waals surface area contributed by atoms with Crippen molar-refractivity contribution in [3.05, 3.63) is 70.9 Å². The van der Waals surface area contributed by atoms with Crippen molar-refractivity contribution < 1.29 is 48.3 Å². The maximum atomic E-state index is 15.3. The lowest BCUT2D eigenvalue weighted by atomic mass is 9.47. The molecule has 1 spiro atoms. The van der Waals surface area contributed by atoms with Crippen molar-refractivity contribution in [2.24, 2.45) is 11.3 Å². The molecule has 3 aromatic rings. The number of esters is 3. The molecule has 9 rings (SSSR count). The number of nitrogens with zero attached hydrogens (tertiary/aromatic N) is 3. The Morgan fingerprint density at radius 1 is 0.967 bits per heavy atom. The van der Waals surface area contributed by atoms with E-state index in [0.717, 1.165) is 16.5 Å². The maximum absolute atomic E-state index is 15.3. The van der Waals surface area contributed by atoms with E-state index < -0.39 is 63.5 Å². The summed E-state index contributed by atoms with van der Waals surface area (Å²) in [5.41, 5.74) is -3.15. The molecule has 1 aliphatic carbocycles. The molecule has 10 atom stereocenters. The van der Waals surface area contributed by atoms with E-state index in [0.29, 0.717) is 99.5 Å². The maximum Gasteiger partial charge on any atom is 0.344 e. The minimum Gasteiger partial charge on any atom is -0.496 e. The van der Waals surface area contributed by atoms with Crippen molar-refractivity contribution in [2.75, 3.05) is 59.0 Å². The number of H-pyrrole nitrogens is 1. The van der Waals surface area contributed by atoms with Crippen molar-refractivity contribution in [2.45, 2.75) is 99.5 Å². The number of aromatic amines is 1. The fourth-order valence-electron chi connectivity index (χ4n) is 13.4. The average Bonchev–Trinajstić information content (AvgIpc) is 3.92. The average molecular weight is 825 g/mol. The SMILES string of the molecule is CC[C@]1(O)C[C@H]2CN(CCc3c([nH]c4ccccc34)[C@](C(=O)OC)(c3cc4c(cc3OC)N(C=O)[C@@H]3[C@](O)(C(=O)OC)[C@H](OC(C)=O)[C@]5(CC)C=CCN6CC[C@]43[C@H]65)C2)C1. The van der Waals surface area contributed by atoms with Crippen LogP contribution in [-0.4, -0.2) is 133 Å². The minimum absolute atomic E-state index is 0.155. The van der Waals surface area contributed by atoms with E-state index in [1.165, 1.54) is 33.2 Å². The van der Waals surface area contributed by atoms with Crippen LogP contribution in [0.1, 0.15) is 75.3 Å². The molecule has 3 N–H and O–H groups in total. The second-order valence-corrected chi connectivity index (χ2v) is 18.1. The van der Waals surface area contributed by atoms with Crippen molar-refractivity contribution in [3.63, 3.8) is 0 Å². The molecule has 6 aliphatic rings. The number of piperidine rings is 1. The molecule has 6 heterocycles. The van der Waals surface area contributed by atoms with Crippen molar-refractivity contribution in [1.82, 2.24) is 14.8 Å². The number of hydrogen-bond acceptors (Lipinski definition) is 12. The highest BCUT2D eigenvalue weighted by atomic mass is 16.6. The van der Waals surface area contributed by atoms with Crippen LogP contribution >= 0.6 is 0 Å². The van der Waals surface area contributed by atoms with Crippen LogP contribution in [0.2, 0.25) is 0 Å². The van der Waals surface area contributed by atoms with E-state index in [4.69, 9.17) is 18.9 Å². The number of amides is 1. The molecule has 2 aromatic carbocycles. The van der Waals surface area contributed by atoms with E-state index in [-0.39, 0.29) is 12.3 Å². The summed E-state index contributed by atoms with van der Waals surface area (Å²) >= 11 is 0. The Kier molecular flexibility index (Phi) is 9.58. The van der Waals surface area contributed by atoms with Crippen molar-refractivity contribution >= 4 is 40.9 Å². The van der Waals surface area contributed by atoms with Gasteiger partial charge < -0.3 is 39.0 Å². The Morgan fingerprint density at radius 3 is 2.42 bits per heavy atom. The lowest BCUT2D eigenvalue weighted by molar-refractivity contribution is -0.228. The molecule has 1 amide bonds. The Hall–Kier alpha value is -4.76. The quantitative estimate of drug-likeness (QED) is 0.131. The van der Waals surface area contributed by atoms with Crippen molar-refractivity contribution in [3.8, 4) is 5.75 Å². The van der Waals surface area contributed by atoms with Crippen LogP contribution in [0.15, 0.2) is 48.6 Å². The Balaban J connectivity index is 1.38. The number of para-hydroxylation sites is 1. The summed E-state index contributed by atoms with van der Waals surface area (Å²) in [6.07, 6.45) is 5.83. The second-order valence-electron chi connectivity index (χ2n) is 18.1. The van der Waals surface area contributed by atoms with Crippen LogP contribution in [0.5, 0.6) is 5.75 Å². The largest absolute Gasteiger partial charge is 0.496 e. The summed E-state index contributed by atoms with van der Waals surface area (Å²) in [6, 6.07) is 9.97. The molecule has 0 radical (unpaired) electrons. The number of anilines is 1. The number of carbonyl (C=O) groups excluding carboxylic acids is 4. The molecule has 14 nitrogen and oxygen atoms in total. The number of carbonyl (C=O) groups is 4. The van der Waals surface area contributed by atoms with Crippen LogP contribution in [0, 0.1) is 11.3 Å². The normalized spacial score (nSPS) is 36.5. The first-order valence-electron chi connectivity index (χ1n) is 21.3. The molecule has 1 unspecified atom stereocenters. The van der Waals surface area contributed by atoms with Gasteiger partial charge in [0.15, 0.2) is 6.10 Å². The van der Waals surface area contributed by atoms with Gasteiger partial charge in [0.25, 0.3) is 0 Å². The molecule has 14 heteroatoms. The first kappa shape index (κ1) is 40.6. The predicted molar refractivity (Wildman–Crippen MR) is 221 cm³/mol. The third kappa shape index (κ3) is 5.19. The minimum atomic E-state index is -2.53. The Morgan fingerprint density at radius 2 is 1.73 bits per heavy atom. The summed E-state index contributed by atoms with van der Waals surface area (Å²) in [5, 5.41) is 26.3. The predicted octanol–water partition coefficient (Wildman–Crippen LogP) is 3.52. The lowest BCUT2D eigenvalue weighted by Gasteiger charge is -2.63. The van der Waals surface area contributed by atoms with Gasteiger partial charge in [-0.2, -0.15) is 0 Å². The van der Waals surface area contributed by atoms with Gasteiger partial charge in [-0.15, -0.1) is 0 Å². The second kappa shape index (κ2) is 14.1. The number of aliphatic hydroxyl groups is 2. The Bertz CT molecular complexity index is 2310. The molecule has 1 aromatic heterocycles. The highest BCUT2D eigenvalue weighted by Crippen LogP contribution is 2.68. The summed E-state index contributed by atoms with van der Waals surface area (Å²) in [6.45, 7) is 8.16. The third-order valence-corrected chi connectivity index (χ3v) is 15.5. The van der Waals surface area contributed by atoms with Gasteiger partial charge in [0.2, 0.25) is 12.0 Å². The van der Waals surface area contributed by atoms with E-state index >= 15 is 4.79 Å². The summed E-state index contributed by atoms with van der Waals surface area (Å²) < 4.78 is 23.7. The van der Waals surface area contributed by atoms with Crippen LogP contribution < -0.4 is 9.64 Å². The van der Waals surface area contributed by atoms with Crippen LogP contribution in [0.25, 0.3) is 10.9 Å². The lowest BCUT2D eigenvalue weighted by Crippen LogP contribution is -2.81. The van der Waals surface area contributed by atoms with Crippen LogP contribution in [-0.2, 0) is 50.6 Å². The molecule has 320 valence electrons. The third-order valence-electron chi connectivity index (χ3n) is 15.5. The molecule has 3 fully saturated rings. The zero-order valence-corrected chi connectivity index (χ0v) is 35.3. The smallest absolute Gasteiger partial charge is 0.344 e. The highest BCUT2D eigenvalue weighted by Gasteiger charge is 2.81. The van der Waals surface area contributed by atoms with E-state index in [9.17, 15) is 24.6 Å². The molecule has 1 saturated carbocycles. The van der Waals surface area contributed by atoms with E-state index in [1.54, 1.807) is 6.07 Å². The first-order chi connectivity index (χ1) is 28.8. The number of hydrogen-bond donors (Lipinski definition) is 3. The fraction of sp³-hybridized carbons (Fsp3) is 0.565. The molecular formula is C46H56N4O10. The number of methoxy groups -OCH3 is 3. The summed E-state index contributed by atoms with van der Waals surface area (Å²) in [7, 11) is 4.09. The van der Waals surface area contributed by atoms with Crippen LogP contribution in [0.4, 0.5) is 5.69 Å². The zero-order chi connectivity index (χ0) is 42.6.